The summed E-state index contributed by atoms with van der Waals surface area (Å²) in [5.74, 6) is 0.752. The summed E-state index contributed by atoms with van der Waals surface area (Å²) in [6.07, 6.45) is 9.29. The third-order valence-corrected chi connectivity index (χ3v) is 5.99. The molecule has 3 rings (SSSR count). The van der Waals surface area contributed by atoms with E-state index in [1.807, 2.05) is 24.3 Å². The maximum Gasteiger partial charge on any atom is 0.228 e. The summed E-state index contributed by atoms with van der Waals surface area (Å²) in [7, 11) is -0.867. The van der Waals surface area contributed by atoms with E-state index in [0.29, 0.717) is 11.8 Å². The molecular weight excluding hydrogens is 320 g/mol. The van der Waals surface area contributed by atoms with Gasteiger partial charge in [-0.2, -0.15) is 0 Å². The molecule has 2 fully saturated rings. The first kappa shape index (κ1) is 17.6. The van der Waals surface area contributed by atoms with Gasteiger partial charge < -0.3 is 5.32 Å². The molecule has 1 heterocycles. The molecule has 0 radical (unpaired) electrons. The molecule has 2 atom stereocenters. The van der Waals surface area contributed by atoms with Crippen LogP contribution in [0.15, 0.2) is 24.3 Å². The molecule has 0 aromatic heterocycles. The van der Waals surface area contributed by atoms with Gasteiger partial charge in [0.15, 0.2) is 0 Å². The summed E-state index contributed by atoms with van der Waals surface area (Å²) in [6.45, 7) is 1.95. The smallest absolute Gasteiger partial charge is 0.228 e. The zero-order valence-corrected chi connectivity index (χ0v) is 15.3. The van der Waals surface area contributed by atoms with E-state index < -0.39 is 10.8 Å². The van der Waals surface area contributed by atoms with Crippen LogP contribution in [0.1, 0.15) is 44.1 Å². The zero-order valence-electron chi connectivity index (χ0n) is 14.5. The number of nitrogens with one attached hydrogen (secondary N) is 1. The first-order chi connectivity index (χ1) is 11.6. The highest BCUT2D eigenvalue weighted by molar-refractivity contribution is 7.83. The van der Waals surface area contributed by atoms with Crippen molar-refractivity contribution in [3.05, 3.63) is 29.8 Å². The topological polar surface area (TPSA) is 49.4 Å². The number of hydrogen-bond acceptors (Lipinski definition) is 3. The SMILES string of the molecule is C[S@](=O)Cc1cccc(NC(=O)[C@H]2CCN(C3CCCCC3)C2)c1. The van der Waals surface area contributed by atoms with Gasteiger partial charge in [0.2, 0.25) is 5.91 Å². The van der Waals surface area contributed by atoms with E-state index in [0.717, 1.165) is 30.8 Å². The second-order valence-electron chi connectivity index (χ2n) is 7.18. The van der Waals surface area contributed by atoms with E-state index in [-0.39, 0.29) is 11.8 Å². The number of nitrogens with zero attached hydrogens (tertiary/aromatic N) is 1. The van der Waals surface area contributed by atoms with Crippen molar-refractivity contribution in [1.29, 1.82) is 0 Å². The monoisotopic (exact) mass is 348 g/mol. The van der Waals surface area contributed by atoms with Crippen molar-refractivity contribution in [2.75, 3.05) is 24.7 Å². The number of carbonyl (C=O) groups excluding carboxylic acids is 1. The number of amides is 1. The van der Waals surface area contributed by atoms with Gasteiger partial charge in [0, 0.05) is 41.1 Å². The molecule has 1 aromatic carbocycles. The Morgan fingerprint density at radius 2 is 2.04 bits per heavy atom. The fourth-order valence-corrected chi connectivity index (χ4v) is 4.65. The first-order valence-corrected chi connectivity index (χ1v) is 10.8. The lowest BCUT2D eigenvalue weighted by Crippen LogP contribution is -2.36. The third-order valence-electron chi connectivity index (χ3n) is 5.25. The molecule has 4 nitrogen and oxygen atoms in total. The Morgan fingerprint density at radius 1 is 1.25 bits per heavy atom. The van der Waals surface area contributed by atoms with E-state index in [1.165, 1.54) is 32.1 Å². The molecule has 5 heteroatoms. The molecule has 1 aromatic rings. The molecule has 24 heavy (non-hydrogen) atoms. The van der Waals surface area contributed by atoms with Crippen LogP contribution >= 0.6 is 0 Å². The van der Waals surface area contributed by atoms with Gasteiger partial charge in [-0.25, -0.2) is 0 Å². The average molecular weight is 349 g/mol. The molecule has 1 amide bonds. The molecule has 1 saturated carbocycles. The van der Waals surface area contributed by atoms with Gasteiger partial charge in [0.1, 0.15) is 0 Å². The van der Waals surface area contributed by atoms with E-state index >= 15 is 0 Å². The highest BCUT2D eigenvalue weighted by Gasteiger charge is 2.32. The van der Waals surface area contributed by atoms with Gasteiger partial charge in [0.25, 0.3) is 0 Å². The molecule has 2 aliphatic rings. The minimum atomic E-state index is -0.867. The van der Waals surface area contributed by atoms with Crippen LogP contribution in [0.2, 0.25) is 0 Å². The summed E-state index contributed by atoms with van der Waals surface area (Å²) < 4.78 is 11.4. The first-order valence-electron chi connectivity index (χ1n) is 9.05. The highest BCUT2D eigenvalue weighted by Crippen LogP contribution is 2.28. The van der Waals surface area contributed by atoms with Crippen LogP contribution in [0.4, 0.5) is 5.69 Å². The number of hydrogen-bond donors (Lipinski definition) is 1. The number of likely N-dealkylation sites (tertiary alicyclic amines) is 1. The quantitative estimate of drug-likeness (QED) is 0.889. The van der Waals surface area contributed by atoms with Crippen LogP contribution in [0.3, 0.4) is 0 Å². The largest absolute Gasteiger partial charge is 0.326 e. The standard InChI is InChI=1S/C19H28N2O2S/c1-24(23)14-15-6-5-7-17(12-15)20-19(22)16-10-11-21(13-16)18-8-3-2-4-9-18/h5-7,12,16,18H,2-4,8-11,13-14H2,1H3,(H,20,22)/t16-,24-/m0/s1. The van der Waals surface area contributed by atoms with Gasteiger partial charge in [-0.1, -0.05) is 31.4 Å². The predicted molar refractivity (Wildman–Crippen MR) is 99.4 cm³/mol. The number of rotatable bonds is 5. The van der Waals surface area contributed by atoms with Gasteiger partial charge in [-0.3, -0.25) is 13.9 Å². The Labute approximate surface area is 147 Å². The lowest BCUT2D eigenvalue weighted by atomic mass is 9.94. The van der Waals surface area contributed by atoms with Crippen LogP contribution in [-0.2, 0) is 21.3 Å². The molecule has 132 valence electrons. The van der Waals surface area contributed by atoms with Crippen LogP contribution in [0, 0.1) is 5.92 Å². The van der Waals surface area contributed by atoms with Crippen molar-refractivity contribution in [2.45, 2.75) is 50.3 Å². The van der Waals surface area contributed by atoms with Crippen molar-refractivity contribution in [3.63, 3.8) is 0 Å². The minimum Gasteiger partial charge on any atom is -0.326 e. The fourth-order valence-electron chi connectivity index (χ4n) is 4.00. The van der Waals surface area contributed by atoms with Crippen molar-refractivity contribution in [2.24, 2.45) is 5.92 Å². The number of carbonyl (C=O) groups is 1. The normalized spacial score (nSPS) is 24.0. The third kappa shape index (κ3) is 4.67. The summed E-state index contributed by atoms with van der Waals surface area (Å²) >= 11 is 0. The second kappa shape index (κ2) is 8.26. The van der Waals surface area contributed by atoms with Crippen LogP contribution in [0.25, 0.3) is 0 Å². The highest BCUT2D eigenvalue weighted by atomic mass is 32.2. The van der Waals surface area contributed by atoms with E-state index in [2.05, 4.69) is 10.2 Å². The van der Waals surface area contributed by atoms with E-state index in [1.54, 1.807) is 6.26 Å². The molecule has 1 saturated heterocycles. The number of anilines is 1. The van der Waals surface area contributed by atoms with Crippen molar-refractivity contribution in [1.82, 2.24) is 4.90 Å². The Bertz CT molecular complexity index is 599. The Balaban J connectivity index is 1.54. The summed E-state index contributed by atoms with van der Waals surface area (Å²) in [5.41, 5.74) is 1.82. The molecule has 1 aliphatic carbocycles. The van der Waals surface area contributed by atoms with Crippen LogP contribution in [0.5, 0.6) is 0 Å². The van der Waals surface area contributed by atoms with Gasteiger partial charge in [0.05, 0.1) is 5.92 Å². The van der Waals surface area contributed by atoms with Crippen LogP contribution in [-0.4, -0.2) is 40.4 Å². The molecule has 0 bridgehead atoms. The molecule has 0 unspecified atom stereocenters. The lowest BCUT2D eigenvalue weighted by molar-refractivity contribution is -0.119. The Hall–Kier alpha value is -1.20. The maximum atomic E-state index is 12.6. The fraction of sp³-hybridized carbons (Fsp3) is 0.632. The Morgan fingerprint density at radius 3 is 2.79 bits per heavy atom. The van der Waals surface area contributed by atoms with E-state index in [9.17, 15) is 9.00 Å². The van der Waals surface area contributed by atoms with Crippen molar-refractivity contribution in [3.8, 4) is 0 Å². The molecule has 0 spiro atoms. The second-order valence-corrected chi connectivity index (χ2v) is 8.61. The zero-order chi connectivity index (χ0) is 16.9. The number of benzene rings is 1. The van der Waals surface area contributed by atoms with Crippen molar-refractivity contribution < 1.29 is 9.00 Å². The summed E-state index contributed by atoms with van der Waals surface area (Å²) in [4.78, 5) is 15.1. The summed E-state index contributed by atoms with van der Waals surface area (Å²) in [5, 5.41) is 3.06. The maximum absolute atomic E-state index is 12.6. The summed E-state index contributed by atoms with van der Waals surface area (Å²) in [6, 6.07) is 8.42. The van der Waals surface area contributed by atoms with Gasteiger partial charge in [-0.05, 0) is 43.5 Å². The van der Waals surface area contributed by atoms with Gasteiger partial charge >= 0.3 is 0 Å². The van der Waals surface area contributed by atoms with Crippen LogP contribution < -0.4 is 5.32 Å². The van der Waals surface area contributed by atoms with Gasteiger partial charge in [-0.15, -0.1) is 0 Å². The molecular formula is C19H28N2O2S. The lowest BCUT2D eigenvalue weighted by Gasteiger charge is -2.30. The molecule has 1 aliphatic heterocycles. The minimum absolute atomic E-state index is 0.0934. The van der Waals surface area contributed by atoms with E-state index in [4.69, 9.17) is 0 Å². The average Bonchev–Trinajstić information content (AvgIpc) is 3.05. The predicted octanol–water partition coefficient (Wildman–Crippen LogP) is 3.16. The Kier molecular flexibility index (Phi) is 6.06. The van der Waals surface area contributed by atoms with Crippen molar-refractivity contribution >= 4 is 22.4 Å². The molecule has 1 N–H and O–H groups in total.